The van der Waals surface area contributed by atoms with Crippen molar-refractivity contribution in [3.05, 3.63) is 16.3 Å². The maximum absolute atomic E-state index is 12.4. The first kappa shape index (κ1) is 15.9. The van der Waals surface area contributed by atoms with Crippen molar-refractivity contribution in [3.63, 3.8) is 0 Å². The number of sulfonamides is 1. The summed E-state index contributed by atoms with van der Waals surface area (Å²) in [5.41, 5.74) is 1.34. The molecule has 0 saturated heterocycles. The standard InChI is InChI=1S/C11H18N6O2S2/c1-6(2)12-5-9-7(3)13-15-10(9)21(18,19)17-11-16-14-8(4)20-11/h6,12H,5H2,1-4H3,(H,13,15)(H,16,17). The van der Waals surface area contributed by atoms with Gasteiger partial charge in [-0.3, -0.25) is 9.82 Å². The summed E-state index contributed by atoms with van der Waals surface area (Å²) < 4.78 is 27.2. The van der Waals surface area contributed by atoms with Crippen LogP contribution in [0.1, 0.15) is 30.1 Å². The Kier molecular flexibility index (Phi) is 4.59. The van der Waals surface area contributed by atoms with Gasteiger partial charge >= 0.3 is 0 Å². The van der Waals surface area contributed by atoms with Gasteiger partial charge in [0.25, 0.3) is 10.0 Å². The molecule has 0 amide bonds. The molecule has 10 heteroatoms. The zero-order valence-corrected chi connectivity index (χ0v) is 13.9. The van der Waals surface area contributed by atoms with E-state index in [1.165, 1.54) is 11.3 Å². The lowest BCUT2D eigenvalue weighted by atomic mass is 10.2. The van der Waals surface area contributed by atoms with Gasteiger partial charge in [-0.15, -0.1) is 10.2 Å². The summed E-state index contributed by atoms with van der Waals surface area (Å²) in [6.45, 7) is 7.95. The molecule has 116 valence electrons. The largest absolute Gasteiger partial charge is 0.310 e. The maximum Gasteiger partial charge on any atom is 0.283 e. The SMILES string of the molecule is Cc1nnc(NS(=O)(=O)c2n[nH]c(C)c2CNC(C)C)s1. The molecule has 2 heterocycles. The summed E-state index contributed by atoms with van der Waals surface area (Å²) in [6.07, 6.45) is 0. The molecule has 0 spiro atoms. The van der Waals surface area contributed by atoms with Crippen molar-refractivity contribution in [2.75, 3.05) is 4.72 Å². The molecule has 0 fully saturated rings. The van der Waals surface area contributed by atoms with Crippen molar-refractivity contribution in [2.24, 2.45) is 0 Å². The number of aromatic nitrogens is 4. The van der Waals surface area contributed by atoms with E-state index in [1.807, 2.05) is 13.8 Å². The maximum atomic E-state index is 12.4. The molecule has 8 nitrogen and oxygen atoms in total. The number of nitrogens with one attached hydrogen (secondary N) is 3. The molecular weight excluding hydrogens is 312 g/mol. The first-order chi connectivity index (χ1) is 9.79. The van der Waals surface area contributed by atoms with Gasteiger partial charge < -0.3 is 5.32 Å². The fourth-order valence-electron chi connectivity index (χ4n) is 1.67. The van der Waals surface area contributed by atoms with Crippen LogP contribution in [0.15, 0.2) is 5.03 Å². The van der Waals surface area contributed by atoms with Crippen molar-refractivity contribution in [1.82, 2.24) is 25.7 Å². The molecule has 2 aromatic rings. The highest BCUT2D eigenvalue weighted by atomic mass is 32.2. The summed E-state index contributed by atoms with van der Waals surface area (Å²) in [7, 11) is -3.78. The molecule has 0 radical (unpaired) electrons. The minimum absolute atomic E-state index is 0.0130. The molecule has 3 N–H and O–H groups in total. The number of H-pyrrole nitrogens is 1. The van der Waals surface area contributed by atoms with E-state index in [0.29, 0.717) is 17.1 Å². The zero-order chi connectivity index (χ0) is 15.6. The van der Waals surface area contributed by atoms with E-state index >= 15 is 0 Å². The quantitative estimate of drug-likeness (QED) is 0.733. The van der Waals surface area contributed by atoms with Crippen molar-refractivity contribution >= 4 is 26.5 Å². The molecule has 0 aliphatic carbocycles. The van der Waals surface area contributed by atoms with Gasteiger partial charge in [-0.1, -0.05) is 25.2 Å². The third-order valence-electron chi connectivity index (χ3n) is 2.73. The number of nitrogens with zero attached hydrogens (tertiary/aromatic N) is 3. The average Bonchev–Trinajstić information content (AvgIpc) is 2.93. The normalized spacial score (nSPS) is 12.0. The fraction of sp³-hybridized carbons (Fsp3) is 0.545. The van der Waals surface area contributed by atoms with Gasteiger partial charge in [-0.2, -0.15) is 13.5 Å². The number of rotatable bonds is 6. The van der Waals surface area contributed by atoms with E-state index in [2.05, 4.69) is 30.4 Å². The van der Waals surface area contributed by atoms with Crippen molar-refractivity contribution in [1.29, 1.82) is 0 Å². The van der Waals surface area contributed by atoms with Gasteiger partial charge in [0, 0.05) is 23.8 Å². The van der Waals surface area contributed by atoms with E-state index in [4.69, 9.17) is 0 Å². The summed E-state index contributed by atoms with van der Waals surface area (Å²) in [6, 6.07) is 0.244. The number of aryl methyl sites for hydroxylation is 2. The van der Waals surface area contributed by atoms with Crippen LogP contribution in [-0.2, 0) is 16.6 Å². The Hall–Kier alpha value is -1.52. The van der Waals surface area contributed by atoms with Gasteiger partial charge in [-0.25, -0.2) is 0 Å². The minimum atomic E-state index is -3.78. The summed E-state index contributed by atoms with van der Waals surface area (Å²) in [5, 5.41) is 18.3. The van der Waals surface area contributed by atoms with Gasteiger partial charge in [0.2, 0.25) is 10.2 Å². The Morgan fingerprint density at radius 1 is 1.29 bits per heavy atom. The smallest absolute Gasteiger partial charge is 0.283 e. The van der Waals surface area contributed by atoms with Gasteiger partial charge in [-0.05, 0) is 13.8 Å². The Morgan fingerprint density at radius 2 is 2.00 bits per heavy atom. The predicted octanol–water partition coefficient (Wildman–Crippen LogP) is 1.18. The second-order valence-electron chi connectivity index (χ2n) is 4.90. The molecule has 0 bridgehead atoms. The second kappa shape index (κ2) is 6.08. The summed E-state index contributed by atoms with van der Waals surface area (Å²) in [5.74, 6) is 0. The van der Waals surface area contributed by atoms with E-state index in [9.17, 15) is 8.42 Å². The van der Waals surface area contributed by atoms with Crippen LogP contribution < -0.4 is 10.0 Å². The molecule has 21 heavy (non-hydrogen) atoms. The van der Waals surface area contributed by atoms with E-state index < -0.39 is 10.0 Å². The molecule has 2 rings (SSSR count). The fourth-order valence-corrected chi connectivity index (χ4v) is 3.69. The van der Waals surface area contributed by atoms with Gasteiger partial charge in [0.1, 0.15) is 5.01 Å². The first-order valence-corrected chi connectivity index (χ1v) is 8.69. The highest BCUT2D eigenvalue weighted by molar-refractivity contribution is 7.92. The number of hydrogen-bond donors (Lipinski definition) is 3. The lowest BCUT2D eigenvalue weighted by Gasteiger charge is -2.09. The number of anilines is 1. The Balaban J connectivity index is 2.27. The van der Waals surface area contributed by atoms with E-state index in [0.717, 1.165) is 5.69 Å². The topological polar surface area (TPSA) is 113 Å². The third kappa shape index (κ3) is 3.77. The lowest BCUT2D eigenvalue weighted by molar-refractivity contribution is 0.574. The Bertz CT molecular complexity index is 719. The van der Waals surface area contributed by atoms with Crippen LogP contribution >= 0.6 is 11.3 Å². The van der Waals surface area contributed by atoms with Crippen LogP contribution in [0.3, 0.4) is 0 Å². The van der Waals surface area contributed by atoms with Crippen LogP contribution in [0.2, 0.25) is 0 Å². The highest BCUT2D eigenvalue weighted by Crippen LogP contribution is 2.21. The molecule has 0 aromatic carbocycles. The zero-order valence-electron chi connectivity index (χ0n) is 12.3. The minimum Gasteiger partial charge on any atom is -0.310 e. The third-order valence-corrected chi connectivity index (χ3v) is 4.92. The molecular formula is C11H18N6O2S2. The monoisotopic (exact) mass is 330 g/mol. The van der Waals surface area contributed by atoms with Crippen LogP contribution in [0.25, 0.3) is 0 Å². The van der Waals surface area contributed by atoms with Crippen molar-refractivity contribution in [2.45, 2.75) is 45.3 Å². The number of hydrogen-bond acceptors (Lipinski definition) is 7. The molecule has 0 atom stereocenters. The Labute approximate surface area is 127 Å². The molecule has 2 aromatic heterocycles. The second-order valence-corrected chi connectivity index (χ2v) is 7.68. The van der Waals surface area contributed by atoms with Crippen LogP contribution in [0.4, 0.5) is 5.13 Å². The first-order valence-electron chi connectivity index (χ1n) is 6.39. The van der Waals surface area contributed by atoms with Crippen LogP contribution in [-0.4, -0.2) is 34.9 Å². The molecule has 0 saturated carbocycles. The molecule has 0 aliphatic rings. The van der Waals surface area contributed by atoms with Gasteiger partial charge in [0.15, 0.2) is 0 Å². The van der Waals surface area contributed by atoms with E-state index in [1.54, 1.807) is 13.8 Å². The summed E-state index contributed by atoms with van der Waals surface area (Å²) >= 11 is 1.17. The molecule has 0 unspecified atom stereocenters. The van der Waals surface area contributed by atoms with Gasteiger partial charge in [0.05, 0.1) is 0 Å². The Morgan fingerprint density at radius 3 is 2.57 bits per heavy atom. The van der Waals surface area contributed by atoms with Crippen LogP contribution in [0.5, 0.6) is 0 Å². The van der Waals surface area contributed by atoms with E-state index in [-0.39, 0.29) is 16.2 Å². The highest BCUT2D eigenvalue weighted by Gasteiger charge is 2.25. The van der Waals surface area contributed by atoms with Crippen molar-refractivity contribution < 1.29 is 8.42 Å². The van der Waals surface area contributed by atoms with Crippen molar-refractivity contribution in [3.8, 4) is 0 Å². The summed E-state index contributed by atoms with van der Waals surface area (Å²) in [4.78, 5) is 0. The average molecular weight is 330 g/mol. The van der Waals surface area contributed by atoms with Crippen LogP contribution in [0, 0.1) is 13.8 Å². The molecule has 0 aliphatic heterocycles. The number of aromatic amines is 1. The lowest BCUT2D eigenvalue weighted by Crippen LogP contribution is -2.24. The predicted molar refractivity (Wildman–Crippen MR) is 80.8 cm³/mol.